The maximum absolute atomic E-state index is 13.7. The van der Waals surface area contributed by atoms with E-state index in [1.165, 1.54) is 12.1 Å². The lowest BCUT2D eigenvalue weighted by Crippen LogP contribution is -2.41. The van der Waals surface area contributed by atoms with Gasteiger partial charge >= 0.3 is 12.0 Å². The Morgan fingerprint density at radius 2 is 2.14 bits per heavy atom. The predicted octanol–water partition coefficient (Wildman–Crippen LogP) is 2.93. The molecule has 0 aliphatic heterocycles. The van der Waals surface area contributed by atoms with Gasteiger partial charge in [0.25, 0.3) is 0 Å². The van der Waals surface area contributed by atoms with Crippen LogP contribution < -0.4 is 10.6 Å². The number of rotatable bonds is 4. The lowest BCUT2D eigenvalue weighted by atomic mass is 10.2. The normalized spacial score (nSPS) is 21.0. The number of hydrogen-bond acceptors (Lipinski definition) is 3. The summed E-state index contributed by atoms with van der Waals surface area (Å²) in [6, 6.07) is 3.00. The Morgan fingerprint density at radius 1 is 1.38 bits per heavy atom. The van der Waals surface area contributed by atoms with Gasteiger partial charge in [0, 0.05) is 11.3 Å². The number of anilines is 1. The quantitative estimate of drug-likeness (QED) is 0.799. The smallest absolute Gasteiger partial charge is 0.335 e. The molecule has 3 N–H and O–H groups in total. The number of urea groups is 1. The van der Waals surface area contributed by atoms with Crippen LogP contribution in [0.1, 0.15) is 29.6 Å². The molecule has 2 amide bonds. The lowest BCUT2D eigenvalue weighted by molar-refractivity contribution is 0.0696. The zero-order chi connectivity index (χ0) is 15.4. The zero-order valence-corrected chi connectivity index (χ0v) is 12.4. The molecule has 0 saturated heterocycles. The highest BCUT2D eigenvalue weighted by molar-refractivity contribution is 7.99. The highest BCUT2D eigenvalue weighted by Gasteiger charge is 2.27. The van der Waals surface area contributed by atoms with Gasteiger partial charge in [0.15, 0.2) is 0 Å². The summed E-state index contributed by atoms with van der Waals surface area (Å²) < 4.78 is 13.7. The number of thioether (sulfide) groups is 1. The Bertz CT molecular complexity index is 553. The second-order valence-corrected chi connectivity index (χ2v) is 5.99. The first-order valence-electron chi connectivity index (χ1n) is 6.64. The van der Waals surface area contributed by atoms with E-state index in [0.717, 1.165) is 25.3 Å². The van der Waals surface area contributed by atoms with Crippen molar-refractivity contribution in [2.24, 2.45) is 0 Å². The molecule has 2 unspecified atom stereocenters. The van der Waals surface area contributed by atoms with Gasteiger partial charge in [-0.2, -0.15) is 11.8 Å². The van der Waals surface area contributed by atoms with E-state index in [9.17, 15) is 14.0 Å². The van der Waals surface area contributed by atoms with Gasteiger partial charge in [0.05, 0.1) is 11.3 Å². The fraction of sp³-hybridized carbons (Fsp3) is 0.429. The molecule has 1 saturated carbocycles. The first-order chi connectivity index (χ1) is 10.0. The van der Waals surface area contributed by atoms with Crippen molar-refractivity contribution in [1.29, 1.82) is 0 Å². The molecular weight excluding hydrogens is 295 g/mol. The molecule has 0 spiro atoms. The average molecular weight is 312 g/mol. The van der Waals surface area contributed by atoms with Gasteiger partial charge in [-0.3, -0.25) is 0 Å². The second-order valence-electron chi connectivity index (χ2n) is 4.91. The van der Waals surface area contributed by atoms with Gasteiger partial charge < -0.3 is 15.7 Å². The van der Waals surface area contributed by atoms with Crippen LogP contribution >= 0.6 is 11.8 Å². The van der Waals surface area contributed by atoms with Crippen molar-refractivity contribution in [2.75, 3.05) is 11.6 Å². The fourth-order valence-electron chi connectivity index (χ4n) is 2.45. The van der Waals surface area contributed by atoms with E-state index in [1.807, 2.05) is 6.26 Å². The number of nitrogens with one attached hydrogen (secondary N) is 2. The summed E-state index contributed by atoms with van der Waals surface area (Å²) in [4.78, 5) is 22.6. The number of halogens is 1. The largest absolute Gasteiger partial charge is 0.478 e. The highest BCUT2D eigenvalue weighted by atomic mass is 32.2. The fourth-order valence-corrected chi connectivity index (χ4v) is 3.38. The summed E-state index contributed by atoms with van der Waals surface area (Å²) in [6.07, 6.45) is 5.05. The molecular formula is C14H17FN2O3S. The lowest BCUT2D eigenvalue weighted by Gasteiger charge is -2.19. The molecule has 1 aromatic rings. The Balaban J connectivity index is 1.98. The minimum atomic E-state index is -1.21. The van der Waals surface area contributed by atoms with E-state index in [2.05, 4.69) is 10.6 Å². The van der Waals surface area contributed by atoms with Gasteiger partial charge in [-0.1, -0.05) is 6.42 Å². The van der Waals surface area contributed by atoms with Crippen LogP contribution in [-0.4, -0.2) is 34.7 Å². The van der Waals surface area contributed by atoms with Crippen LogP contribution in [0.4, 0.5) is 14.9 Å². The first kappa shape index (κ1) is 15.6. The van der Waals surface area contributed by atoms with Crippen LogP contribution in [0.5, 0.6) is 0 Å². The van der Waals surface area contributed by atoms with Crippen LogP contribution in [0.3, 0.4) is 0 Å². The van der Waals surface area contributed by atoms with Gasteiger partial charge in [-0.05, 0) is 37.3 Å². The van der Waals surface area contributed by atoms with Gasteiger partial charge in [-0.25, -0.2) is 14.0 Å². The van der Waals surface area contributed by atoms with Crippen molar-refractivity contribution < 1.29 is 19.1 Å². The summed E-state index contributed by atoms with van der Waals surface area (Å²) in [7, 11) is 0. The SMILES string of the molecule is CSC1CCCC1NC(=O)Nc1ccc(C(=O)O)cc1F. The van der Waals surface area contributed by atoms with Crippen molar-refractivity contribution in [3.05, 3.63) is 29.6 Å². The predicted molar refractivity (Wildman–Crippen MR) is 80.5 cm³/mol. The highest BCUT2D eigenvalue weighted by Crippen LogP contribution is 2.28. The maximum Gasteiger partial charge on any atom is 0.335 e. The first-order valence-corrected chi connectivity index (χ1v) is 7.93. The molecule has 1 aliphatic carbocycles. The third-order valence-corrected chi connectivity index (χ3v) is 4.71. The molecule has 0 bridgehead atoms. The number of hydrogen-bond donors (Lipinski definition) is 3. The van der Waals surface area contributed by atoms with Gasteiger partial charge in [0.2, 0.25) is 0 Å². The minimum absolute atomic E-state index is 0.0313. The summed E-state index contributed by atoms with van der Waals surface area (Å²) in [5, 5.41) is 14.4. The van der Waals surface area contributed by atoms with Crippen molar-refractivity contribution in [2.45, 2.75) is 30.6 Å². The van der Waals surface area contributed by atoms with Crippen molar-refractivity contribution >= 4 is 29.4 Å². The second kappa shape index (κ2) is 6.80. The third kappa shape index (κ3) is 3.87. The molecule has 1 aromatic carbocycles. The van der Waals surface area contributed by atoms with Crippen molar-refractivity contribution in [3.8, 4) is 0 Å². The number of carbonyl (C=O) groups excluding carboxylic acids is 1. The molecule has 2 rings (SSSR count). The summed E-state index contributed by atoms with van der Waals surface area (Å²) >= 11 is 1.72. The molecule has 21 heavy (non-hydrogen) atoms. The van der Waals surface area contributed by atoms with Gasteiger partial charge in [0.1, 0.15) is 5.82 Å². The summed E-state index contributed by atoms with van der Waals surface area (Å²) in [5.74, 6) is -1.98. The van der Waals surface area contributed by atoms with Crippen LogP contribution in [0, 0.1) is 5.82 Å². The van der Waals surface area contributed by atoms with Crippen LogP contribution in [-0.2, 0) is 0 Å². The standard InChI is InChI=1S/C14H17FN2O3S/c1-21-12-4-2-3-11(12)17-14(20)16-10-6-5-8(13(18)19)7-9(10)15/h5-7,11-12H,2-4H2,1H3,(H,18,19)(H2,16,17,20). The monoisotopic (exact) mass is 312 g/mol. The van der Waals surface area contributed by atoms with E-state index in [0.29, 0.717) is 5.25 Å². The van der Waals surface area contributed by atoms with E-state index in [-0.39, 0.29) is 17.3 Å². The molecule has 7 heteroatoms. The Morgan fingerprint density at radius 3 is 2.76 bits per heavy atom. The minimum Gasteiger partial charge on any atom is -0.478 e. The third-order valence-electron chi connectivity index (χ3n) is 3.54. The number of benzene rings is 1. The van der Waals surface area contributed by atoms with E-state index in [1.54, 1.807) is 11.8 Å². The van der Waals surface area contributed by atoms with Crippen LogP contribution in [0.2, 0.25) is 0 Å². The van der Waals surface area contributed by atoms with Crippen LogP contribution in [0.15, 0.2) is 18.2 Å². The maximum atomic E-state index is 13.7. The summed E-state index contributed by atoms with van der Waals surface area (Å²) in [5.41, 5.74) is -0.187. The summed E-state index contributed by atoms with van der Waals surface area (Å²) in [6.45, 7) is 0. The Kier molecular flexibility index (Phi) is 5.06. The number of carboxylic acids is 1. The van der Waals surface area contributed by atoms with E-state index >= 15 is 0 Å². The molecule has 1 aliphatic rings. The van der Waals surface area contributed by atoms with Crippen molar-refractivity contribution in [3.63, 3.8) is 0 Å². The molecule has 5 nitrogen and oxygen atoms in total. The number of amides is 2. The zero-order valence-electron chi connectivity index (χ0n) is 11.6. The molecule has 2 atom stereocenters. The number of carbonyl (C=O) groups is 2. The molecule has 1 fully saturated rings. The Labute approximate surface area is 126 Å². The molecule has 0 heterocycles. The number of aromatic carboxylic acids is 1. The van der Waals surface area contributed by atoms with Crippen molar-refractivity contribution in [1.82, 2.24) is 5.32 Å². The van der Waals surface area contributed by atoms with E-state index < -0.39 is 17.8 Å². The van der Waals surface area contributed by atoms with E-state index in [4.69, 9.17) is 5.11 Å². The molecule has 0 radical (unpaired) electrons. The van der Waals surface area contributed by atoms with Gasteiger partial charge in [-0.15, -0.1) is 0 Å². The topological polar surface area (TPSA) is 78.4 Å². The average Bonchev–Trinajstić information content (AvgIpc) is 2.87. The Hall–Kier alpha value is -1.76. The molecule has 114 valence electrons. The molecule has 0 aromatic heterocycles. The number of carboxylic acid groups (broad SMARTS) is 1. The van der Waals surface area contributed by atoms with Crippen LogP contribution in [0.25, 0.3) is 0 Å².